The van der Waals surface area contributed by atoms with E-state index < -0.39 is 5.60 Å². The maximum atomic E-state index is 11.8. The molecule has 0 aliphatic carbocycles. The smallest absolute Gasteiger partial charge is 0.308 e. The van der Waals surface area contributed by atoms with E-state index in [1.165, 1.54) is 6.92 Å². The number of hydrogen-bond acceptors (Lipinski definition) is 3. The van der Waals surface area contributed by atoms with Crippen LogP contribution in [0.3, 0.4) is 0 Å². The highest BCUT2D eigenvalue weighted by atomic mass is 16.6. The maximum Gasteiger partial charge on any atom is 0.308 e. The second-order valence-electron chi connectivity index (χ2n) is 7.34. The minimum Gasteiger partial charge on any atom is -0.469 e. The molecule has 0 atom stereocenters. The van der Waals surface area contributed by atoms with Gasteiger partial charge < -0.3 is 9.47 Å². The summed E-state index contributed by atoms with van der Waals surface area (Å²) < 4.78 is 12.4. The largest absolute Gasteiger partial charge is 0.469 e. The number of esters is 1. The van der Waals surface area contributed by atoms with Crippen molar-refractivity contribution in [1.82, 2.24) is 0 Å². The molecule has 1 aliphatic rings. The molecule has 0 N–H and O–H groups in total. The van der Waals surface area contributed by atoms with E-state index in [0.29, 0.717) is 11.5 Å². The summed E-state index contributed by atoms with van der Waals surface area (Å²) >= 11 is 0. The van der Waals surface area contributed by atoms with E-state index in [1.807, 2.05) is 60.7 Å². The van der Waals surface area contributed by atoms with Crippen molar-refractivity contribution in [2.45, 2.75) is 12.5 Å². The van der Waals surface area contributed by atoms with Crippen molar-refractivity contribution in [3.8, 4) is 11.5 Å². The molecule has 0 bridgehead atoms. The summed E-state index contributed by atoms with van der Waals surface area (Å²) in [4.78, 5) is 11.8. The molecule has 0 spiro atoms. The first-order valence-electron chi connectivity index (χ1n) is 9.91. The van der Waals surface area contributed by atoms with Crippen molar-refractivity contribution in [3.63, 3.8) is 0 Å². The number of carbonyl (C=O) groups is 1. The molecule has 0 aromatic heterocycles. The van der Waals surface area contributed by atoms with Gasteiger partial charge >= 0.3 is 5.97 Å². The van der Waals surface area contributed by atoms with Crippen molar-refractivity contribution >= 4 is 22.8 Å². The van der Waals surface area contributed by atoms with Gasteiger partial charge in [-0.15, -0.1) is 0 Å². The molecule has 0 saturated carbocycles. The highest BCUT2D eigenvalue weighted by molar-refractivity contribution is 5.96. The summed E-state index contributed by atoms with van der Waals surface area (Å²) in [6, 6.07) is 30.1. The molecule has 5 rings (SSSR count). The molecular formula is C27H20O3. The summed E-state index contributed by atoms with van der Waals surface area (Å²) in [5, 5.41) is 2.04. The maximum absolute atomic E-state index is 11.8. The van der Waals surface area contributed by atoms with Gasteiger partial charge in [-0.2, -0.15) is 0 Å². The van der Waals surface area contributed by atoms with Crippen molar-refractivity contribution in [3.05, 3.63) is 114 Å². The van der Waals surface area contributed by atoms with E-state index in [2.05, 4.69) is 42.5 Å². The van der Waals surface area contributed by atoms with Crippen LogP contribution in [-0.4, -0.2) is 5.97 Å². The average molecular weight is 392 g/mol. The molecular weight excluding hydrogens is 372 g/mol. The van der Waals surface area contributed by atoms with Gasteiger partial charge in [-0.25, -0.2) is 0 Å². The first-order valence-corrected chi connectivity index (χ1v) is 9.91. The number of ether oxygens (including phenoxy) is 2. The first-order chi connectivity index (χ1) is 14.7. The third kappa shape index (κ3) is 2.96. The Morgan fingerprint density at radius 2 is 1.43 bits per heavy atom. The van der Waals surface area contributed by atoms with Crippen molar-refractivity contribution in [2.75, 3.05) is 0 Å². The monoisotopic (exact) mass is 392 g/mol. The first kappa shape index (κ1) is 18.2. The van der Waals surface area contributed by atoms with Crippen LogP contribution in [0.1, 0.15) is 23.6 Å². The van der Waals surface area contributed by atoms with E-state index in [1.54, 1.807) is 0 Å². The Morgan fingerprint density at radius 1 is 0.833 bits per heavy atom. The second kappa shape index (κ2) is 7.20. The predicted molar refractivity (Wildman–Crippen MR) is 119 cm³/mol. The number of hydrogen-bond donors (Lipinski definition) is 0. The third-order valence-corrected chi connectivity index (χ3v) is 5.41. The van der Waals surface area contributed by atoms with E-state index in [9.17, 15) is 4.79 Å². The van der Waals surface area contributed by atoms with Gasteiger partial charge in [-0.3, -0.25) is 4.79 Å². The normalized spacial score (nSPS) is 14.0. The topological polar surface area (TPSA) is 35.5 Å². The van der Waals surface area contributed by atoms with Crippen LogP contribution in [0.25, 0.3) is 16.8 Å². The molecule has 4 aromatic carbocycles. The summed E-state index contributed by atoms with van der Waals surface area (Å²) in [5.74, 6) is 0.617. The number of rotatable bonds is 3. The van der Waals surface area contributed by atoms with Crippen LogP contribution >= 0.6 is 0 Å². The third-order valence-electron chi connectivity index (χ3n) is 5.41. The minimum atomic E-state index is -0.827. The highest BCUT2D eigenvalue weighted by Crippen LogP contribution is 2.48. The number of fused-ring (bicyclic) bond motifs is 3. The lowest BCUT2D eigenvalue weighted by atomic mass is 9.83. The SMILES string of the molecule is CC(=O)Oc1cc2ccccc2c2c1OC(c1ccccc1)(c1ccccc1)C=C2. The molecule has 1 aliphatic heterocycles. The van der Waals surface area contributed by atoms with Gasteiger partial charge in [-0.05, 0) is 29.0 Å². The summed E-state index contributed by atoms with van der Waals surface area (Å²) in [5.41, 5.74) is 2.08. The zero-order valence-electron chi connectivity index (χ0n) is 16.5. The zero-order chi connectivity index (χ0) is 20.6. The Hall–Kier alpha value is -3.85. The minimum absolute atomic E-state index is 0.379. The lowest BCUT2D eigenvalue weighted by Gasteiger charge is -2.37. The van der Waals surface area contributed by atoms with Gasteiger partial charge in [0.2, 0.25) is 0 Å². The van der Waals surface area contributed by atoms with Crippen LogP contribution in [-0.2, 0) is 10.4 Å². The van der Waals surface area contributed by atoms with Crippen molar-refractivity contribution in [1.29, 1.82) is 0 Å². The van der Waals surface area contributed by atoms with Crippen molar-refractivity contribution in [2.24, 2.45) is 0 Å². The van der Waals surface area contributed by atoms with Crippen LogP contribution in [0.5, 0.6) is 11.5 Å². The molecule has 0 amide bonds. The van der Waals surface area contributed by atoms with Gasteiger partial charge in [0.25, 0.3) is 0 Å². The Bertz CT molecular complexity index is 1220. The molecule has 4 aromatic rings. The zero-order valence-corrected chi connectivity index (χ0v) is 16.5. The Labute approximate surface area is 175 Å². The molecule has 3 heteroatoms. The van der Waals surface area contributed by atoms with Crippen LogP contribution in [0.4, 0.5) is 0 Å². The summed E-state index contributed by atoms with van der Waals surface area (Å²) in [7, 11) is 0. The fourth-order valence-electron chi connectivity index (χ4n) is 4.08. The van der Waals surface area contributed by atoms with Crippen LogP contribution in [0.2, 0.25) is 0 Å². The molecule has 0 saturated heterocycles. The van der Waals surface area contributed by atoms with Crippen LogP contribution < -0.4 is 9.47 Å². The van der Waals surface area contributed by atoms with Crippen LogP contribution in [0, 0.1) is 0 Å². The number of carbonyl (C=O) groups excluding carboxylic acids is 1. The standard InChI is InChI=1S/C27H20O3/c1-19(28)29-25-18-20-10-8-9-15-23(20)24-16-17-27(30-26(24)25,21-11-4-2-5-12-21)22-13-6-3-7-14-22/h2-18H,1H3. The van der Waals surface area contributed by atoms with Gasteiger partial charge in [0.05, 0.1) is 0 Å². The molecule has 30 heavy (non-hydrogen) atoms. The van der Waals surface area contributed by atoms with Crippen molar-refractivity contribution < 1.29 is 14.3 Å². The van der Waals surface area contributed by atoms with Gasteiger partial charge in [0.15, 0.2) is 17.1 Å². The lowest BCUT2D eigenvalue weighted by molar-refractivity contribution is -0.132. The predicted octanol–water partition coefficient (Wildman–Crippen LogP) is 6.11. The molecule has 0 radical (unpaired) electrons. The van der Waals surface area contributed by atoms with E-state index in [4.69, 9.17) is 9.47 Å². The fourth-order valence-corrected chi connectivity index (χ4v) is 4.08. The second-order valence-corrected chi connectivity index (χ2v) is 7.34. The van der Waals surface area contributed by atoms with E-state index in [0.717, 1.165) is 27.5 Å². The summed E-state index contributed by atoms with van der Waals surface area (Å²) in [6.07, 6.45) is 4.16. The molecule has 1 heterocycles. The Kier molecular flexibility index (Phi) is 4.36. The Morgan fingerprint density at radius 3 is 2.07 bits per heavy atom. The van der Waals surface area contributed by atoms with Crippen LogP contribution in [0.15, 0.2) is 97.1 Å². The molecule has 0 fully saturated rings. The molecule has 0 unspecified atom stereocenters. The number of benzene rings is 4. The lowest BCUT2D eigenvalue weighted by Crippen LogP contribution is -2.34. The highest BCUT2D eigenvalue weighted by Gasteiger charge is 2.38. The van der Waals surface area contributed by atoms with E-state index in [-0.39, 0.29) is 5.97 Å². The average Bonchev–Trinajstić information content (AvgIpc) is 2.80. The molecule has 146 valence electrons. The fraction of sp³-hybridized carbons (Fsp3) is 0.0741. The Balaban J connectivity index is 1.78. The van der Waals surface area contributed by atoms with E-state index >= 15 is 0 Å². The van der Waals surface area contributed by atoms with Gasteiger partial charge in [0, 0.05) is 23.6 Å². The van der Waals surface area contributed by atoms with Gasteiger partial charge in [-0.1, -0.05) is 84.9 Å². The van der Waals surface area contributed by atoms with Gasteiger partial charge in [0.1, 0.15) is 0 Å². The summed E-state index contributed by atoms with van der Waals surface area (Å²) in [6.45, 7) is 1.40. The quantitative estimate of drug-likeness (QED) is 0.311. The molecule has 3 nitrogen and oxygen atoms in total.